The number of likely N-dealkylation sites (tertiary alicyclic amines) is 1. The SMILES string of the molecule is CC(C)N1C(=O)CC1C(C)(C)C. The van der Waals surface area contributed by atoms with Crippen molar-refractivity contribution in [2.45, 2.75) is 53.1 Å². The van der Waals surface area contributed by atoms with Crippen LogP contribution in [0.15, 0.2) is 0 Å². The Morgan fingerprint density at radius 3 is 2.08 bits per heavy atom. The minimum atomic E-state index is 0.234. The predicted molar refractivity (Wildman–Crippen MR) is 49.8 cm³/mol. The van der Waals surface area contributed by atoms with Crippen molar-refractivity contribution < 1.29 is 4.79 Å². The maximum atomic E-state index is 11.3. The first-order chi connectivity index (χ1) is 5.34. The summed E-state index contributed by atoms with van der Waals surface area (Å²) < 4.78 is 0. The molecule has 1 atom stereocenters. The van der Waals surface area contributed by atoms with Crippen LogP contribution in [0.3, 0.4) is 0 Å². The van der Waals surface area contributed by atoms with E-state index in [4.69, 9.17) is 0 Å². The molecule has 12 heavy (non-hydrogen) atoms. The second-order valence-corrected chi connectivity index (χ2v) is 4.98. The van der Waals surface area contributed by atoms with Crippen molar-refractivity contribution in [3.8, 4) is 0 Å². The van der Waals surface area contributed by atoms with Gasteiger partial charge >= 0.3 is 0 Å². The van der Waals surface area contributed by atoms with E-state index in [1.54, 1.807) is 0 Å². The van der Waals surface area contributed by atoms with E-state index in [2.05, 4.69) is 34.6 Å². The fourth-order valence-corrected chi connectivity index (χ4v) is 1.80. The van der Waals surface area contributed by atoms with E-state index in [-0.39, 0.29) is 5.41 Å². The van der Waals surface area contributed by atoms with Crippen LogP contribution in [0.25, 0.3) is 0 Å². The Hall–Kier alpha value is -0.530. The highest BCUT2D eigenvalue weighted by atomic mass is 16.2. The van der Waals surface area contributed by atoms with Crippen LogP contribution >= 0.6 is 0 Å². The maximum absolute atomic E-state index is 11.3. The van der Waals surface area contributed by atoms with Gasteiger partial charge in [-0.15, -0.1) is 0 Å². The number of rotatable bonds is 1. The van der Waals surface area contributed by atoms with Crippen molar-refractivity contribution in [2.75, 3.05) is 0 Å². The van der Waals surface area contributed by atoms with Crippen molar-refractivity contribution in [1.82, 2.24) is 4.90 Å². The molecule has 2 nitrogen and oxygen atoms in total. The Morgan fingerprint density at radius 2 is 1.92 bits per heavy atom. The number of β-lactam (4-membered cyclic amide) rings is 1. The molecule has 1 rings (SSSR count). The molecule has 0 spiro atoms. The highest BCUT2D eigenvalue weighted by molar-refractivity contribution is 5.83. The van der Waals surface area contributed by atoms with E-state index in [0.717, 1.165) is 6.42 Å². The van der Waals surface area contributed by atoms with Gasteiger partial charge in [-0.2, -0.15) is 0 Å². The van der Waals surface area contributed by atoms with E-state index in [0.29, 0.717) is 18.0 Å². The van der Waals surface area contributed by atoms with Crippen LogP contribution in [0.5, 0.6) is 0 Å². The first kappa shape index (κ1) is 9.56. The van der Waals surface area contributed by atoms with Gasteiger partial charge in [0.2, 0.25) is 5.91 Å². The summed E-state index contributed by atoms with van der Waals surface area (Å²) in [7, 11) is 0. The van der Waals surface area contributed by atoms with Gasteiger partial charge in [-0.05, 0) is 19.3 Å². The summed E-state index contributed by atoms with van der Waals surface area (Å²) >= 11 is 0. The molecular weight excluding hydrogens is 150 g/mol. The quantitative estimate of drug-likeness (QED) is 0.550. The van der Waals surface area contributed by atoms with Gasteiger partial charge in [-0.3, -0.25) is 4.79 Å². The standard InChI is InChI=1S/C10H19NO/c1-7(2)11-8(6-9(11)12)10(3,4)5/h7-8H,6H2,1-5H3. The molecule has 1 amide bonds. The van der Waals surface area contributed by atoms with Crippen molar-refractivity contribution in [1.29, 1.82) is 0 Å². The third kappa shape index (κ3) is 1.47. The van der Waals surface area contributed by atoms with E-state index in [9.17, 15) is 4.79 Å². The molecule has 1 unspecified atom stereocenters. The van der Waals surface area contributed by atoms with Crippen molar-refractivity contribution in [2.24, 2.45) is 5.41 Å². The molecule has 1 aliphatic rings. The summed E-state index contributed by atoms with van der Waals surface area (Å²) in [5.41, 5.74) is 0.234. The van der Waals surface area contributed by atoms with Crippen LogP contribution in [0, 0.1) is 5.41 Å². The highest BCUT2D eigenvalue weighted by Gasteiger charge is 2.44. The molecule has 0 bridgehead atoms. The molecule has 1 fully saturated rings. The lowest BCUT2D eigenvalue weighted by Gasteiger charge is -2.50. The summed E-state index contributed by atoms with van der Waals surface area (Å²) in [6.45, 7) is 10.7. The third-order valence-corrected chi connectivity index (χ3v) is 2.55. The molecule has 0 aromatic carbocycles. The molecule has 1 aliphatic heterocycles. The minimum absolute atomic E-state index is 0.234. The van der Waals surface area contributed by atoms with Crippen LogP contribution in [0.4, 0.5) is 0 Å². The van der Waals surface area contributed by atoms with Gasteiger partial charge in [0.1, 0.15) is 0 Å². The van der Waals surface area contributed by atoms with Crippen LogP contribution in [0.1, 0.15) is 41.0 Å². The monoisotopic (exact) mass is 169 g/mol. The average molecular weight is 169 g/mol. The Bertz CT molecular complexity index is 191. The Balaban J connectivity index is 2.67. The van der Waals surface area contributed by atoms with Gasteiger partial charge < -0.3 is 4.90 Å². The third-order valence-electron chi connectivity index (χ3n) is 2.55. The summed E-state index contributed by atoms with van der Waals surface area (Å²) in [5.74, 6) is 0.310. The zero-order valence-electron chi connectivity index (χ0n) is 8.72. The average Bonchev–Trinajstić information content (AvgIpc) is 1.78. The first-order valence-electron chi connectivity index (χ1n) is 4.65. The van der Waals surface area contributed by atoms with Crippen LogP contribution < -0.4 is 0 Å². The lowest BCUT2D eigenvalue weighted by Crippen LogP contribution is -2.60. The Kier molecular flexibility index (Phi) is 2.19. The van der Waals surface area contributed by atoms with Gasteiger partial charge in [0, 0.05) is 18.5 Å². The van der Waals surface area contributed by atoms with Crippen molar-refractivity contribution in [3.63, 3.8) is 0 Å². The molecule has 0 radical (unpaired) electrons. The number of hydrogen-bond acceptors (Lipinski definition) is 1. The van der Waals surface area contributed by atoms with Crippen molar-refractivity contribution >= 4 is 5.91 Å². The van der Waals surface area contributed by atoms with Gasteiger partial charge in [0.15, 0.2) is 0 Å². The van der Waals surface area contributed by atoms with Crippen molar-refractivity contribution in [3.05, 3.63) is 0 Å². The Labute approximate surface area is 74.9 Å². The smallest absolute Gasteiger partial charge is 0.225 e. The largest absolute Gasteiger partial charge is 0.336 e. The van der Waals surface area contributed by atoms with E-state index in [1.165, 1.54) is 0 Å². The highest BCUT2D eigenvalue weighted by Crippen LogP contribution is 2.35. The molecule has 1 saturated heterocycles. The molecule has 0 aliphatic carbocycles. The fourth-order valence-electron chi connectivity index (χ4n) is 1.80. The van der Waals surface area contributed by atoms with Gasteiger partial charge in [0.05, 0.1) is 0 Å². The van der Waals surface area contributed by atoms with Crippen LogP contribution in [0.2, 0.25) is 0 Å². The number of carbonyl (C=O) groups excluding carboxylic acids is 1. The summed E-state index contributed by atoms with van der Waals surface area (Å²) in [6.07, 6.45) is 0.738. The molecule has 0 aromatic heterocycles. The first-order valence-corrected chi connectivity index (χ1v) is 4.65. The lowest BCUT2D eigenvalue weighted by atomic mass is 9.78. The molecule has 0 aromatic rings. The Morgan fingerprint density at radius 1 is 1.42 bits per heavy atom. The topological polar surface area (TPSA) is 20.3 Å². The van der Waals surface area contributed by atoms with Crippen LogP contribution in [-0.4, -0.2) is 22.9 Å². The van der Waals surface area contributed by atoms with Crippen LogP contribution in [-0.2, 0) is 4.79 Å². The number of amides is 1. The molecular formula is C10H19NO. The van der Waals surface area contributed by atoms with Gasteiger partial charge in [-0.25, -0.2) is 0 Å². The van der Waals surface area contributed by atoms with E-state index >= 15 is 0 Å². The lowest BCUT2D eigenvalue weighted by molar-refractivity contribution is -0.155. The number of carbonyl (C=O) groups is 1. The zero-order valence-corrected chi connectivity index (χ0v) is 8.72. The zero-order chi connectivity index (χ0) is 9.52. The number of nitrogens with zero attached hydrogens (tertiary/aromatic N) is 1. The van der Waals surface area contributed by atoms with Gasteiger partial charge in [0.25, 0.3) is 0 Å². The second-order valence-electron chi connectivity index (χ2n) is 4.98. The molecule has 1 heterocycles. The minimum Gasteiger partial charge on any atom is -0.336 e. The molecule has 2 heteroatoms. The normalized spacial score (nSPS) is 24.7. The van der Waals surface area contributed by atoms with E-state index in [1.807, 2.05) is 4.90 Å². The summed E-state index contributed by atoms with van der Waals surface area (Å²) in [6, 6.07) is 0.806. The summed E-state index contributed by atoms with van der Waals surface area (Å²) in [4.78, 5) is 13.3. The predicted octanol–water partition coefficient (Wildman–Crippen LogP) is 2.04. The molecule has 0 N–H and O–H groups in total. The maximum Gasteiger partial charge on any atom is 0.225 e. The van der Waals surface area contributed by atoms with E-state index < -0.39 is 0 Å². The number of hydrogen-bond donors (Lipinski definition) is 0. The molecule has 70 valence electrons. The second kappa shape index (κ2) is 2.75. The van der Waals surface area contributed by atoms with Gasteiger partial charge in [-0.1, -0.05) is 20.8 Å². The molecule has 0 saturated carbocycles. The summed E-state index contributed by atoms with van der Waals surface area (Å²) in [5, 5.41) is 0. The fraction of sp³-hybridized carbons (Fsp3) is 0.900.